The molecular formula is C25H25NO5. The summed E-state index contributed by atoms with van der Waals surface area (Å²) in [5.74, 6) is 0.530. The molecule has 0 saturated carbocycles. The van der Waals surface area contributed by atoms with Crippen molar-refractivity contribution in [1.29, 1.82) is 0 Å². The van der Waals surface area contributed by atoms with E-state index >= 15 is 0 Å². The first-order valence-corrected chi connectivity index (χ1v) is 10.3. The highest BCUT2D eigenvalue weighted by Gasteiger charge is 2.26. The van der Waals surface area contributed by atoms with Crippen molar-refractivity contribution in [3.05, 3.63) is 71.8 Å². The first kappa shape index (κ1) is 20.7. The van der Waals surface area contributed by atoms with Crippen LogP contribution in [-0.4, -0.2) is 24.7 Å². The number of hydrogen-bond acceptors (Lipinski definition) is 5. The molecule has 1 heterocycles. The SMILES string of the molecule is CC(C)[C@H](NC(=O)Cc1cccc2ccccc12)C(=O)OCc1ccc2c(c1)OCO2. The molecule has 0 fully saturated rings. The van der Waals surface area contributed by atoms with Crippen LogP contribution in [0.1, 0.15) is 25.0 Å². The van der Waals surface area contributed by atoms with E-state index in [1.165, 1.54) is 0 Å². The number of carbonyl (C=O) groups is 2. The number of esters is 1. The number of benzene rings is 3. The lowest BCUT2D eigenvalue weighted by molar-refractivity contribution is -0.150. The van der Waals surface area contributed by atoms with E-state index in [9.17, 15) is 9.59 Å². The molecule has 1 aliphatic heterocycles. The van der Waals surface area contributed by atoms with Crippen molar-refractivity contribution in [3.63, 3.8) is 0 Å². The van der Waals surface area contributed by atoms with Crippen LogP contribution in [-0.2, 0) is 27.4 Å². The van der Waals surface area contributed by atoms with E-state index in [0.717, 1.165) is 21.9 Å². The van der Waals surface area contributed by atoms with Crippen LogP contribution in [0, 0.1) is 5.92 Å². The third-order valence-corrected chi connectivity index (χ3v) is 5.29. The average molecular weight is 419 g/mol. The Balaban J connectivity index is 1.38. The summed E-state index contributed by atoms with van der Waals surface area (Å²) in [6.45, 7) is 4.05. The number of carbonyl (C=O) groups excluding carboxylic acids is 2. The van der Waals surface area contributed by atoms with Crippen molar-refractivity contribution in [2.75, 3.05) is 6.79 Å². The maximum absolute atomic E-state index is 12.7. The highest BCUT2D eigenvalue weighted by Crippen LogP contribution is 2.32. The van der Waals surface area contributed by atoms with Gasteiger partial charge in [0.05, 0.1) is 6.42 Å². The summed E-state index contributed by atoms with van der Waals surface area (Å²) in [5, 5.41) is 4.96. The summed E-state index contributed by atoms with van der Waals surface area (Å²) in [5.41, 5.74) is 1.72. The molecule has 0 radical (unpaired) electrons. The second-order valence-electron chi connectivity index (χ2n) is 7.90. The van der Waals surface area contributed by atoms with Crippen LogP contribution in [0.2, 0.25) is 0 Å². The predicted octanol–water partition coefficient (Wildman–Crippen LogP) is 4.00. The molecule has 0 bridgehead atoms. The Hall–Kier alpha value is -3.54. The molecule has 0 saturated heterocycles. The second kappa shape index (κ2) is 9.08. The molecule has 1 N–H and O–H groups in total. The minimum absolute atomic E-state index is 0.0951. The van der Waals surface area contributed by atoms with Gasteiger partial charge in [-0.15, -0.1) is 0 Å². The van der Waals surface area contributed by atoms with Gasteiger partial charge in [0.1, 0.15) is 12.6 Å². The van der Waals surface area contributed by atoms with Crippen molar-refractivity contribution in [3.8, 4) is 11.5 Å². The van der Waals surface area contributed by atoms with Gasteiger partial charge in [-0.3, -0.25) is 4.79 Å². The fourth-order valence-electron chi connectivity index (χ4n) is 3.62. The lowest BCUT2D eigenvalue weighted by Gasteiger charge is -2.21. The Morgan fingerprint density at radius 2 is 1.77 bits per heavy atom. The van der Waals surface area contributed by atoms with Crippen LogP contribution in [0.25, 0.3) is 10.8 Å². The fourth-order valence-corrected chi connectivity index (χ4v) is 3.62. The minimum atomic E-state index is -0.725. The molecule has 0 aromatic heterocycles. The first-order chi connectivity index (χ1) is 15.0. The Labute approximate surface area is 181 Å². The Morgan fingerprint density at radius 3 is 2.61 bits per heavy atom. The number of rotatable bonds is 7. The third kappa shape index (κ3) is 4.79. The van der Waals surface area contributed by atoms with Gasteiger partial charge in [0, 0.05) is 0 Å². The molecule has 160 valence electrons. The van der Waals surface area contributed by atoms with Crippen LogP contribution >= 0.6 is 0 Å². The van der Waals surface area contributed by atoms with Gasteiger partial charge in [-0.05, 0) is 39.9 Å². The predicted molar refractivity (Wildman–Crippen MR) is 117 cm³/mol. The third-order valence-electron chi connectivity index (χ3n) is 5.29. The van der Waals surface area contributed by atoms with Crippen molar-refractivity contribution in [2.45, 2.75) is 32.9 Å². The normalized spacial score (nSPS) is 13.3. The number of nitrogens with one attached hydrogen (secondary N) is 1. The van der Waals surface area contributed by atoms with E-state index in [0.29, 0.717) is 11.5 Å². The van der Waals surface area contributed by atoms with E-state index in [-0.39, 0.29) is 31.6 Å². The Bertz CT molecular complexity index is 1100. The molecule has 4 rings (SSSR count). The summed E-state index contributed by atoms with van der Waals surface area (Å²) in [7, 11) is 0. The maximum atomic E-state index is 12.7. The van der Waals surface area contributed by atoms with Crippen LogP contribution in [0.5, 0.6) is 11.5 Å². The highest BCUT2D eigenvalue weighted by molar-refractivity contribution is 5.91. The lowest BCUT2D eigenvalue weighted by atomic mass is 10.0. The average Bonchev–Trinajstić information content (AvgIpc) is 3.24. The maximum Gasteiger partial charge on any atom is 0.329 e. The van der Waals surface area contributed by atoms with Crippen molar-refractivity contribution in [1.82, 2.24) is 5.32 Å². The molecule has 3 aromatic rings. The topological polar surface area (TPSA) is 73.9 Å². The molecule has 0 aliphatic carbocycles. The van der Waals surface area contributed by atoms with Crippen molar-refractivity contribution in [2.24, 2.45) is 5.92 Å². The number of fused-ring (bicyclic) bond motifs is 2. The zero-order chi connectivity index (χ0) is 21.8. The van der Waals surface area contributed by atoms with Gasteiger partial charge in [0.25, 0.3) is 0 Å². The summed E-state index contributed by atoms with van der Waals surface area (Å²) in [4.78, 5) is 25.4. The van der Waals surface area contributed by atoms with E-state index in [1.54, 1.807) is 12.1 Å². The van der Waals surface area contributed by atoms with E-state index in [1.807, 2.05) is 62.4 Å². The number of ether oxygens (including phenoxy) is 3. The second-order valence-corrected chi connectivity index (χ2v) is 7.90. The highest BCUT2D eigenvalue weighted by atomic mass is 16.7. The van der Waals surface area contributed by atoms with Crippen molar-refractivity contribution >= 4 is 22.6 Å². The molecule has 6 nitrogen and oxygen atoms in total. The molecule has 0 unspecified atom stereocenters. The van der Waals surface area contributed by atoms with Crippen LogP contribution in [0.15, 0.2) is 60.7 Å². The summed E-state index contributed by atoms with van der Waals surface area (Å²) in [6, 6.07) is 18.5. The molecule has 1 amide bonds. The zero-order valence-corrected chi connectivity index (χ0v) is 17.6. The lowest BCUT2D eigenvalue weighted by Crippen LogP contribution is -2.45. The van der Waals surface area contributed by atoms with Gasteiger partial charge in [-0.1, -0.05) is 62.4 Å². The van der Waals surface area contributed by atoms with Crippen LogP contribution in [0.4, 0.5) is 0 Å². The zero-order valence-electron chi connectivity index (χ0n) is 17.6. The molecule has 31 heavy (non-hydrogen) atoms. The van der Waals surface area contributed by atoms with E-state index < -0.39 is 12.0 Å². The molecule has 1 atom stereocenters. The van der Waals surface area contributed by atoms with Gasteiger partial charge in [-0.25, -0.2) is 4.79 Å². The summed E-state index contributed by atoms with van der Waals surface area (Å²) in [6.07, 6.45) is 0.194. The molecule has 0 spiro atoms. The fraction of sp³-hybridized carbons (Fsp3) is 0.280. The van der Waals surface area contributed by atoms with E-state index in [4.69, 9.17) is 14.2 Å². The molecular weight excluding hydrogens is 394 g/mol. The monoisotopic (exact) mass is 419 g/mol. The molecule has 6 heteroatoms. The summed E-state index contributed by atoms with van der Waals surface area (Å²) >= 11 is 0. The largest absolute Gasteiger partial charge is 0.459 e. The van der Waals surface area contributed by atoms with E-state index in [2.05, 4.69) is 5.32 Å². The smallest absolute Gasteiger partial charge is 0.329 e. The minimum Gasteiger partial charge on any atom is -0.459 e. The van der Waals surface area contributed by atoms with Gasteiger partial charge >= 0.3 is 5.97 Å². The van der Waals surface area contributed by atoms with Crippen LogP contribution < -0.4 is 14.8 Å². The number of amides is 1. The molecule has 3 aromatic carbocycles. The van der Waals surface area contributed by atoms with Crippen LogP contribution in [0.3, 0.4) is 0 Å². The van der Waals surface area contributed by atoms with Crippen molar-refractivity contribution < 1.29 is 23.8 Å². The van der Waals surface area contributed by atoms with Gasteiger partial charge in [0.15, 0.2) is 11.5 Å². The first-order valence-electron chi connectivity index (χ1n) is 10.3. The number of hydrogen-bond donors (Lipinski definition) is 1. The Kier molecular flexibility index (Phi) is 6.07. The standard InChI is InChI=1S/C25H25NO5/c1-16(2)24(25(28)29-14-17-10-11-21-22(12-17)31-15-30-21)26-23(27)13-19-8-5-7-18-6-3-4-9-20(18)19/h3-12,16,24H,13-15H2,1-2H3,(H,26,27)/t24-/m0/s1. The van der Waals surface area contributed by atoms with Gasteiger partial charge < -0.3 is 19.5 Å². The van der Waals surface area contributed by atoms with Gasteiger partial charge in [-0.2, -0.15) is 0 Å². The summed E-state index contributed by atoms with van der Waals surface area (Å²) < 4.78 is 16.1. The molecule has 1 aliphatic rings. The quantitative estimate of drug-likeness (QED) is 0.586. The Morgan fingerprint density at radius 1 is 1.00 bits per heavy atom. The van der Waals surface area contributed by atoms with Gasteiger partial charge in [0.2, 0.25) is 12.7 Å².